The van der Waals surface area contributed by atoms with Crippen LogP contribution in [-0.4, -0.2) is 31.4 Å². The zero-order valence-electron chi connectivity index (χ0n) is 9.83. The number of hydrogen-bond acceptors (Lipinski definition) is 3. The molecule has 4 nitrogen and oxygen atoms in total. The van der Waals surface area contributed by atoms with Crippen LogP contribution in [0.15, 0.2) is 29.2 Å². The average molecular weight is 255 g/mol. The van der Waals surface area contributed by atoms with Gasteiger partial charge in [0, 0.05) is 13.6 Å². The highest BCUT2D eigenvalue weighted by Crippen LogP contribution is 2.28. The van der Waals surface area contributed by atoms with Gasteiger partial charge >= 0.3 is 0 Å². The molecule has 1 aromatic carbocycles. The summed E-state index contributed by atoms with van der Waals surface area (Å²) in [7, 11) is -1.79. The van der Waals surface area contributed by atoms with Gasteiger partial charge in [0.2, 0.25) is 10.0 Å². The molecule has 1 aliphatic carbocycles. The largest absolute Gasteiger partial charge is 0.508 e. The molecular weight excluding hydrogens is 238 g/mol. The molecule has 5 heteroatoms. The van der Waals surface area contributed by atoms with Crippen LogP contribution in [0.2, 0.25) is 0 Å². The Morgan fingerprint density at radius 3 is 2.35 bits per heavy atom. The number of phenolic OH excluding ortho intramolecular Hbond substituents is 1. The van der Waals surface area contributed by atoms with Gasteiger partial charge in [0.1, 0.15) is 5.75 Å². The van der Waals surface area contributed by atoms with Crippen molar-refractivity contribution in [1.82, 2.24) is 4.31 Å². The van der Waals surface area contributed by atoms with Crippen LogP contribution in [0.1, 0.15) is 19.3 Å². The van der Waals surface area contributed by atoms with Crippen LogP contribution < -0.4 is 0 Å². The Bertz CT molecular complexity index is 477. The predicted molar refractivity (Wildman–Crippen MR) is 65.3 cm³/mol. The molecular formula is C12H17NO3S. The molecule has 0 spiro atoms. The molecule has 1 fully saturated rings. The van der Waals surface area contributed by atoms with Gasteiger partial charge in [-0.05, 0) is 43.0 Å². The number of sulfonamides is 1. The lowest BCUT2D eigenvalue weighted by atomic mass is 9.86. The number of aromatic hydroxyl groups is 1. The van der Waals surface area contributed by atoms with Crippen LogP contribution in [0, 0.1) is 5.92 Å². The standard InChI is InChI=1S/C12H17NO3S/c1-13(9-10-3-2-4-10)17(15,16)12-7-5-11(14)6-8-12/h5-8,10,14H,2-4,9H2,1H3. The lowest BCUT2D eigenvalue weighted by molar-refractivity contribution is 0.263. The Morgan fingerprint density at radius 1 is 1.29 bits per heavy atom. The van der Waals surface area contributed by atoms with Crippen molar-refractivity contribution < 1.29 is 13.5 Å². The topological polar surface area (TPSA) is 57.6 Å². The smallest absolute Gasteiger partial charge is 0.242 e. The summed E-state index contributed by atoms with van der Waals surface area (Å²) in [4.78, 5) is 0.233. The van der Waals surface area contributed by atoms with Crippen molar-refractivity contribution in [2.45, 2.75) is 24.2 Å². The van der Waals surface area contributed by atoms with Gasteiger partial charge in [-0.3, -0.25) is 0 Å². The summed E-state index contributed by atoms with van der Waals surface area (Å²) in [6.45, 7) is 0.587. The molecule has 94 valence electrons. The van der Waals surface area contributed by atoms with E-state index in [-0.39, 0.29) is 10.6 Å². The van der Waals surface area contributed by atoms with E-state index in [1.165, 1.54) is 35.0 Å². The fourth-order valence-electron chi connectivity index (χ4n) is 1.94. The van der Waals surface area contributed by atoms with Crippen LogP contribution >= 0.6 is 0 Å². The van der Waals surface area contributed by atoms with Gasteiger partial charge in [0.05, 0.1) is 4.90 Å². The quantitative estimate of drug-likeness (QED) is 0.892. The van der Waals surface area contributed by atoms with Gasteiger partial charge < -0.3 is 5.11 Å². The predicted octanol–water partition coefficient (Wildman–Crippen LogP) is 1.81. The van der Waals surface area contributed by atoms with E-state index in [1.54, 1.807) is 7.05 Å². The SMILES string of the molecule is CN(CC1CCC1)S(=O)(=O)c1ccc(O)cc1. The van der Waals surface area contributed by atoms with Gasteiger partial charge in [-0.25, -0.2) is 12.7 Å². The summed E-state index contributed by atoms with van der Waals surface area (Å²) in [6, 6.07) is 5.65. The van der Waals surface area contributed by atoms with Crippen molar-refractivity contribution >= 4 is 10.0 Å². The molecule has 2 rings (SSSR count). The molecule has 0 atom stereocenters. The third-order valence-corrected chi connectivity index (χ3v) is 5.12. The Balaban J connectivity index is 2.13. The Kier molecular flexibility index (Phi) is 3.40. The summed E-state index contributed by atoms with van der Waals surface area (Å²) in [5.41, 5.74) is 0. The first-order valence-corrected chi connectivity index (χ1v) is 7.19. The lowest BCUT2D eigenvalue weighted by Crippen LogP contribution is -2.34. The Morgan fingerprint density at radius 2 is 1.88 bits per heavy atom. The van der Waals surface area contributed by atoms with Gasteiger partial charge in [0.25, 0.3) is 0 Å². The molecule has 0 radical (unpaired) electrons. The van der Waals surface area contributed by atoms with Crippen LogP contribution in [-0.2, 0) is 10.0 Å². The van der Waals surface area contributed by atoms with Gasteiger partial charge in [-0.15, -0.1) is 0 Å². The normalized spacial score (nSPS) is 17.1. The molecule has 0 heterocycles. The highest BCUT2D eigenvalue weighted by Gasteiger charge is 2.26. The molecule has 0 unspecified atom stereocenters. The minimum atomic E-state index is -3.40. The highest BCUT2D eigenvalue weighted by atomic mass is 32.2. The third-order valence-electron chi connectivity index (χ3n) is 3.28. The summed E-state index contributed by atoms with van der Waals surface area (Å²) in [6.07, 6.45) is 3.45. The van der Waals surface area contributed by atoms with Crippen molar-refractivity contribution in [3.63, 3.8) is 0 Å². The van der Waals surface area contributed by atoms with E-state index in [4.69, 9.17) is 5.11 Å². The van der Waals surface area contributed by atoms with Crippen molar-refractivity contribution in [3.8, 4) is 5.75 Å². The molecule has 0 saturated heterocycles. The van der Waals surface area contributed by atoms with Crippen LogP contribution in [0.4, 0.5) is 0 Å². The molecule has 17 heavy (non-hydrogen) atoms. The summed E-state index contributed by atoms with van der Waals surface area (Å²) in [5.74, 6) is 0.581. The van der Waals surface area contributed by atoms with E-state index in [0.717, 1.165) is 12.8 Å². The maximum atomic E-state index is 12.2. The monoisotopic (exact) mass is 255 g/mol. The fourth-order valence-corrected chi connectivity index (χ4v) is 3.18. The summed E-state index contributed by atoms with van der Waals surface area (Å²) in [5, 5.41) is 9.15. The number of rotatable bonds is 4. The Labute approximate surface area is 102 Å². The Hall–Kier alpha value is -1.07. The van der Waals surface area contributed by atoms with Crippen molar-refractivity contribution in [2.24, 2.45) is 5.92 Å². The fraction of sp³-hybridized carbons (Fsp3) is 0.500. The van der Waals surface area contributed by atoms with Crippen molar-refractivity contribution in [2.75, 3.05) is 13.6 Å². The lowest BCUT2D eigenvalue weighted by Gasteiger charge is -2.29. The molecule has 0 bridgehead atoms. The maximum Gasteiger partial charge on any atom is 0.242 e. The molecule has 0 amide bonds. The second kappa shape index (κ2) is 4.66. The van der Waals surface area contributed by atoms with Crippen LogP contribution in [0.3, 0.4) is 0 Å². The van der Waals surface area contributed by atoms with Crippen LogP contribution in [0.5, 0.6) is 5.75 Å². The average Bonchev–Trinajstić information content (AvgIpc) is 2.23. The number of phenols is 1. The molecule has 1 saturated carbocycles. The van der Waals surface area contributed by atoms with E-state index in [9.17, 15) is 8.42 Å². The zero-order valence-corrected chi connectivity index (χ0v) is 10.7. The number of nitrogens with zero attached hydrogens (tertiary/aromatic N) is 1. The van der Waals surface area contributed by atoms with E-state index < -0.39 is 10.0 Å². The molecule has 0 aromatic heterocycles. The first-order chi connectivity index (χ1) is 8.00. The van der Waals surface area contributed by atoms with Crippen molar-refractivity contribution in [3.05, 3.63) is 24.3 Å². The zero-order chi connectivity index (χ0) is 12.5. The molecule has 1 aromatic rings. The minimum Gasteiger partial charge on any atom is -0.508 e. The minimum absolute atomic E-state index is 0.0746. The first-order valence-electron chi connectivity index (χ1n) is 5.75. The van der Waals surface area contributed by atoms with E-state index in [1.807, 2.05) is 0 Å². The van der Waals surface area contributed by atoms with E-state index >= 15 is 0 Å². The second-order valence-electron chi connectivity index (χ2n) is 4.58. The van der Waals surface area contributed by atoms with Crippen molar-refractivity contribution in [1.29, 1.82) is 0 Å². The second-order valence-corrected chi connectivity index (χ2v) is 6.62. The van der Waals surface area contributed by atoms with E-state index in [2.05, 4.69) is 0 Å². The molecule has 0 aliphatic heterocycles. The highest BCUT2D eigenvalue weighted by molar-refractivity contribution is 7.89. The first kappa shape index (κ1) is 12.4. The number of hydrogen-bond donors (Lipinski definition) is 1. The maximum absolute atomic E-state index is 12.2. The van der Waals surface area contributed by atoms with Gasteiger partial charge in [-0.1, -0.05) is 6.42 Å². The molecule has 1 N–H and O–H groups in total. The molecule has 1 aliphatic rings. The summed E-state index contributed by atoms with van der Waals surface area (Å²) >= 11 is 0. The van der Waals surface area contributed by atoms with Crippen LogP contribution in [0.25, 0.3) is 0 Å². The summed E-state index contributed by atoms with van der Waals surface area (Å²) < 4.78 is 25.7. The number of benzene rings is 1. The van der Waals surface area contributed by atoms with E-state index in [0.29, 0.717) is 12.5 Å². The van der Waals surface area contributed by atoms with Gasteiger partial charge in [-0.2, -0.15) is 0 Å². The third kappa shape index (κ3) is 2.61. The van der Waals surface area contributed by atoms with Gasteiger partial charge in [0.15, 0.2) is 0 Å².